The predicted molar refractivity (Wildman–Crippen MR) is 93.5 cm³/mol. The first-order valence-corrected chi connectivity index (χ1v) is 8.28. The third-order valence-electron chi connectivity index (χ3n) is 4.46. The number of methoxy groups -OCH3 is 1. The fraction of sp³-hybridized carbons (Fsp3) is 0.421. The topological polar surface area (TPSA) is 45.9 Å². The van der Waals surface area contributed by atoms with Gasteiger partial charge in [0, 0.05) is 37.4 Å². The maximum Gasteiger partial charge on any atom is 0.374 e. The minimum Gasteiger partial charge on any atom is -0.463 e. The van der Waals surface area contributed by atoms with Crippen molar-refractivity contribution in [3.63, 3.8) is 0 Å². The minimum absolute atomic E-state index is 0.311. The van der Waals surface area contributed by atoms with Crippen LogP contribution in [0.15, 0.2) is 34.7 Å². The van der Waals surface area contributed by atoms with E-state index in [-0.39, 0.29) is 0 Å². The Labute approximate surface area is 142 Å². The smallest absolute Gasteiger partial charge is 0.374 e. The van der Waals surface area contributed by atoms with Crippen LogP contribution in [-0.2, 0) is 11.3 Å². The Morgan fingerprint density at radius 3 is 2.58 bits per heavy atom. The molecule has 0 bridgehead atoms. The highest BCUT2D eigenvalue weighted by molar-refractivity contribution is 5.87. The number of ether oxygens (including phenoxy) is 1. The van der Waals surface area contributed by atoms with Crippen molar-refractivity contribution < 1.29 is 13.9 Å². The first-order valence-electron chi connectivity index (χ1n) is 8.28. The summed E-state index contributed by atoms with van der Waals surface area (Å²) in [6, 6.07) is 10.6. The molecule has 0 unspecified atom stereocenters. The van der Waals surface area contributed by atoms with Crippen LogP contribution in [0, 0.1) is 13.8 Å². The molecule has 1 aliphatic heterocycles. The number of furan rings is 1. The van der Waals surface area contributed by atoms with Crippen molar-refractivity contribution in [1.29, 1.82) is 0 Å². The van der Waals surface area contributed by atoms with Crippen molar-refractivity contribution in [2.45, 2.75) is 20.4 Å². The van der Waals surface area contributed by atoms with Gasteiger partial charge in [0.15, 0.2) is 0 Å². The van der Waals surface area contributed by atoms with Crippen molar-refractivity contribution in [3.8, 4) is 0 Å². The average molecular weight is 328 g/mol. The zero-order valence-electron chi connectivity index (χ0n) is 14.5. The van der Waals surface area contributed by atoms with Crippen molar-refractivity contribution in [2.75, 3.05) is 38.2 Å². The molecule has 0 N–H and O–H groups in total. The first kappa shape index (κ1) is 16.6. The summed E-state index contributed by atoms with van der Waals surface area (Å²) in [7, 11) is 1.37. The number of nitrogens with zero attached hydrogens (tertiary/aromatic N) is 2. The number of anilines is 1. The summed E-state index contributed by atoms with van der Waals surface area (Å²) >= 11 is 0. The van der Waals surface area contributed by atoms with Crippen LogP contribution in [0.2, 0.25) is 0 Å². The van der Waals surface area contributed by atoms with Gasteiger partial charge in [0.2, 0.25) is 5.76 Å². The Kier molecular flexibility index (Phi) is 4.90. The van der Waals surface area contributed by atoms with Crippen LogP contribution in [0.1, 0.15) is 27.4 Å². The van der Waals surface area contributed by atoms with Gasteiger partial charge in [-0.15, -0.1) is 0 Å². The van der Waals surface area contributed by atoms with Crippen LogP contribution in [0.5, 0.6) is 0 Å². The van der Waals surface area contributed by atoms with Gasteiger partial charge in [-0.1, -0.05) is 12.1 Å². The van der Waals surface area contributed by atoms with Gasteiger partial charge in [-0.25, -0.2) is 4.79 Å². The van der Waals surface area contributed by atoms with Gasteiger partial charge in [0.05, 0.1) is 13.7 Å². The number of carbonyl (C=O) groups is 1. The minimum atomic E-state index is -0.414. The number of esters is 1. The lowest BCUT2D eigenvalue weighted by molar-refractivity contribution is 0.0560. The van der Waals surface area contributed by atoms with Gasteiger partial charge in [-0.3, -0.25) is 4.90 Å². The lowest BCUT2D eigenvalue weighted by Crippen LogP contribution is -2.45. The zero-order chi connectivity index (χ0) is 17.1. The van der Waals surface area contributed by atoms with Crippen LogP contribution in [0.3, 0.4) is 0 Å². The van der Waals surface area contributed by atoms with E-state index in [0.29, 0.717) is 5.76 Å². The molecule has 3 rings (SSSR count). The van der Waals surface area contributed by atoms with Crippen molar-refractivity contribution in [2.24, 2.45) is 0 Å². The van der Waals surface area contributed by atoms with E-state index >= 15 is 0 Å². The van der Waals surface area contributed by atoms with Crippen molar-refractivity contribution >= 4 is 11.7 Å². The molecule has 1 aromatic carbocycles. The van der Waals surface area contributed by atoms with Crippen LogP contribution >= 0.6 is 0 Å². The summed E-state index contributed by atoms with van der Waals surface area (Å²) < 4.78 is 10.4. The summed E-state index contributed by atoms with van der Waals surface area (Å²) in [5.41, 5.74) is 3.41. The molecular formula is C19H24N2O3. The summed E-state index contributed by atoms with van der Waals surface area (Å²) in [6.45, 7) is 8.65. The second-order valence-corrected chi connectivity index (χ2v) is 6.32. The van der Waals surface area contributed by atoms with E-state index in [1.807, 2.05) is 13.0 Å². The Morgan fingerprint density at radius 2 is 1.92 bits per heavy atom. The number of carbonyl (C=O) groups excluding carboxylic acids is 1. The lowest BCUT2D eigenvalue weighted by Gasteiger charge is -2.35. The van der Waals surface area contributed by atoms with Crippen molar-refractivity contribution in [3.05, 3.63) is 53.0 Å². The molecule has 1 fully saturated rings. The summed E-state index contributed by atoms with van der Waals surface area (Å²) in [6.07, 6.45) is 0. The molecule has 2 aromatic rings. The van der Waals surface area contributed by atoms with Gasteiger partial charge < -0.3 is 14.1 Å². The van der Waals surface area contributed by atoms with Crippen LogP contribution in [-0.4, -0.2) is 44.2 Å². The Morgan fingerprint density at radius 1 is 1.17 bits per heavy atom. The molecule has 5 heteroatoms. The molecule has 0 saturated carbocycles. The molecule has 0 atom stereocenters. The first-order chi connectivity index (χ1) is 11.6. The summed E-state index contributed by atoms with van der Waals surface area (Å²) in [5, 5.41) is 0. The van der Waals surface area contributed by atoms with Gasteiger partial charge in [0.25, 0.3) is 0 Å². The van der Waals surface area contributed by atoms with Crippen molar-refractivity contribution in [1.82, 2.24) is 4.90 Å². The molecule has 2 heterocycles. The average Bonchev–Trinajstić information content (AvgIpc) is 2.95. The molecule has 128 valence electrons. The second kappa shape index (κ2) is 7.09. The van der Waals surface area contributed by atoms with Crippen LogP contribution < -0.4 is 4.90 Å². The molecule has 1 aliphatic rings. The Hall–Kier alpha value is -2.27. The zero-order valence-corrected chi connectivity index (χ0v) is 14.5. The molecule has 1 aromatic heterocycles. The third kappa shape index (κ3) is 3.62. The highest BCUT2D eigenvalue weighted by Gasteiger charge is 2.21. The fourth-order valence-electron chi connectivity index (χ4n) is 3.13. The number of aryl methyl sites for hydroxylation is 2. The van der Waals surface area contributed by atoms with Crippen LogP contribution in [0.25, 0.3) is 0 Å². The molecule has 0 radical (unpaired) electrons. The molecule has 0 amide bonds. The van der Waals surface area contributed by atoms with E-state index in [1.165, 1.54) is 18.4 Å². The lowest BCUT2D eigenvalue weighted by atomic mass is 10.2. The Bertz CT molecular complexity index is 715. The summed E-state index contributed by atoms with van der Waals surface area (Å²) in [4.78, 5) is 16.4. The van der Waals surface area contributed by atoms with E-state index in [4.69, 9.17) is 9.15 Å². The van der Waals surface area contributed by atoms with Gasteiger partial charge in [-0.2, -0.15) is 0 Å². The molecule has 1 saturated heterocycles. The molecule has 5 nitrogen and oxygen atoms in total. The Balaban J connectivity index is 1.59. The third-order valence-corrected chi connectivity index (χ3v) is 4.46. The van der Waals surface area contributed by atoms with Gasteiger partial charge in [-0.05, 0) is 37.6 Å². The quantitative estimate of drug-likeness (QED) is 0.808. The van der Waals surface area contributed by atoms with Gasteiger partial charge >= 0.3 is 5.97 Å². The monoisotopic (exact) mass is 328 g/mol. The largest absolute Gasteiger partial charge is 0.463 e. The van der Waals surface area contributed by atoms with E-state index in [9.17, 15) is 4.79 Å². The number of benzene rings is 1. The summed E-state index contributed by atoms with van der Waals surface area (Å²) in [5.74, 6) is 0.714. The number of hydrogen-bond donors (Lipinski definition) is 0. The van der Waals surface area contributed by atoms with Gasteiger partial charge in [0.1, 0.15) is 5.76 Å². The van der Waals surface area contributed by atoms with E-state index in [2.05, 4.69) is 41.0 Å². The van der Waals surface area contributed by atoms with Crippen LogP contribution in [0.4, 0.5) is 5.69 Å². The second-order valence-electron chi connectivity index (χ2n) is 6.32. The highest BCUT2D eigenvalue weighted by Crippen LogP contribution is 2.20. The molecule has 0 spiro atoms. The maximum absolute atomic E-state index is 11.6. The number of hydrogen-bond acceptors (Lipinski definition) is 5. The SMILES string of the molecule is COC(=O)c1oc(CN2CCN(c3cccc(C)c3)CC2)cc1C. The maximum atomic E-state index is 11.6. The van der Waals surface area contributed by atoms with E-state index in [0.717, 1.165) is 44.0 Å². The standard InChI is InChI=1S/C19H24N2O3/c1-14-5-4-6-16(11-14)21-9-7-20(8-10-21)13-17-12-15(2)18(24-17)19(22)23-3/h4-6,11-12H,7-10,13H2,1-3H3. The van der Waals surface area contributed by atoms with E-state index < -0.39 is 5.97 Å². The van der Waals surface area contributed by atoms with E-state index in [1.54, 1.807) is 0 Å². The fourth-order valence-corrected chi connectivity index (χ4v) is 3.13. The predicted octanol–water partition coefficient (Wildman–Crippen LogP) is 3.01. The molecular weight excluding hydrogens is 304 g/mol. The highest BCUT2D eigenvalue weighted by atomic mass is 16.5. The molecule has 0 aliphatic carbocycles. The molecule has 24 heavy (non-hydrogen) atoms. The normalized spacial score (nSPS) is 15.5. The number of rotatable bonds is 4. The number of piperazine rings is 1.